The highest BCUT2D eigenvalue weighted by Gasteiger charge is 2.28. The maximum Gasteiger partial charge on any atom is 0.250 e. The van der Waals surface area contributed by atoms with Gasteiger partial charge in [0.05, 0.1) is 22.7 Å². The Labute approximate surface area is 227 Å². The summed E-state index contributed by atoms with van der Waals surface area (Å²) in [5, 5.41) is 5.18. The summed E-state index contributed by atoms with van der Waals surface area (Å²) in [5.41, 5.74) is 15.8. The van der Waals surface area contributed by atoms with Gasteiger partial charge in [0.25, 0.3) is 5.91 Å². The number of primary amides is 2. The summed E-state index contributed by atoms with van der Waals surface area (Å²) in [4.78, 5) is 42.8. The minimum Gasteiger partial charge on any atom is -0.371 e. The first-order valence-electron chi connectivity index (χ1n) is 13.2. The third-order valence-electron chi connectivity index (χ3n) is 7.93. The number of hydrogen-bond acceptors (Lipinski definition) is 5. The van der Waals surface area contributed by atoms with Gasteiger partial charge >= 0.3 is 0 Å². The van der Waals surface area contributed by atoms with Crippen LogP contribution in [0.3, 0.4) is 0 Å². The molecule has 3 heterocycles. The quantitative estimate of drug-likeness (QED) is 0.299. The number of aryl methyl sites for hydroxylation is 1. The van der Waals surface area contributed by atoms with E-state index in [2.05, 4.69) is 15.0 Å². The van der Waals surface area contributed by atoms with Gasteiger partial charge in [0, 0.05) is 60.6 Å². The summed E-state index contributed by atoms with van der Waals surface area (Å²) in [7, 11) is 1.86. The fourth-order valence-corrected chi connectivity index (χ4v) is 5.45. The molecule has 2 aromatic carbocycles. The van der Waals surface area contributed by atoms with Crippen LogP contribution >= 0.6 is 0 Å². The summed E-state index contributed by atoms with van der Waals surface area (Å²) in [6.07, 6.45) is 6.05. The number of fused-ring (bicyclic) bond motifs is 1. The molecule has 5 rings (SSSR count). The Morgan fingerprint density at radius 2 is 1.85 bits per heavy atom. The number of carbonyl (C=O) groups is 3. The number of aromatic nitrogens is 3. The van der Waals surface area contributed by atoms with Gasteiger partial charge in [-0.25, -0.2) is 0 Å². The smallest absolute Gasteiger partial charge is 0.250 e. The third-order valence-corrected chi connectivity index (χ3v) is 7.93. The van der Waals surface area contributed by atoms with Crippen molar-refractivity contribution >= 4 is 34.2 Å². The van der Waals surface area contributed by atoms with Crippen molar-refractivity contribution in [3.63, 3.8) is 0 Å². The van der Waals surface area contributed by atoms with Crippen molar-refractivity contribution < 1.29 is 14.4 Å². The SMILES string of the molecule is Cn1cc(-c2cc3c(N4CCC[C@@H](CC(=O)c5ccc(C(C)(C)C(N)=O)cc5)C4)ccc(C(N)=O)c3[nH]2)cn1. The number of benzene rings is 2. The molecule has 202 valence electrons. The highest BCUT2D eigenvalue weighted by molar-refractivity contribution is 6.10. The van der Waals surface area contributed by atoms with Gasteiger partial charge in [-0.05, 0) is 56.4 Å². The number of piperidine rings is 1. The number of carbonyl (C=O) groups excluding carboxylic acids is 3. The van der Waals surface area contributed by atoms with Crippen LogP contribution in [0.15, 0.2) is 54.9 Å². The lowest BCUT2D eigenvalue weighted by atomic mass is 9.83. The molecule has 1 fully saturated rings. The van der Waals surface area contributed by atoms with Gasteiger partial charge in [0.15, 0.2) is 5.78 Å². The largest absolute Gasteiger partial charge is 0.371 e. The fourth-order valence-electron chi connectivity index (χ4n) is 5.45. The molecule has 1 atom stereocenters. The van der Waals surface area contributed by atoms with E-state index < -0.39 is 17.2 Å². The number of rotatable bonds is 8. The van der Waals surface area contributed by atoms with Crippen LogP contribution in [0.25, 0.3) is 22.2 Å². The average Bonchev–Trinajstić information content (AvgIpc) is 3.54. The second-order valence-electron chi connectivity index (χ2n) is 11.0. The van der Waals surface area contributed by atoms with Gasteiger partial charge in [0.2, 0.25) is 5.91 Å². The minimum absolute atomic E-state index is 0.0833. The van der Waals surface area contributed by atoms with E-state index in [1.807, 2.05) is 37.5 Å². The van der Waals surface area contributed by atoms with Crippen LogP contribution < -0.4 is 16.4 Å². The van der Waals surface area contributed by atoms with Crippen molar-refractivity contribution in [2.45, 2.75) is 38.5 Å². The number of hydrogen-bond donors (Lipinski definition) is 3. The van der Waals surface area contributed by atoms with Gasteiger partial charge in [-0.3, -0.25) is 19.1 Å². The Hall–Kier alpha value is -4.40. The zero-order valence-corrected chi connectivity index (χ0v) is 22.5. The number of nitrogens with two attached hydrogens (primary N) is 2. The van der Waals surface area contributed by atoms with Crippen LogP contribution in [0.4, 0.5) is 5.69 Å². The molecule has 1 aliphatic heterocycles. The molecule has 0 saturated carbocycles. The molecule has 5 N–H and O–H groups in total. The predicted octanol–water partition coefficient (Wildman–Crippen LogP) is 3.92. The molecule has 0 aliphatic carbocycles. The van der Waals surface area contributed by atoms with Gasteiger partial charge < -0.3 is 21.4 Å². The van der Waals surface area contributed by atoms with Gasteiger partial charge in [-0.1, -0.05) is 24.3 Å². The molecule has 9 heteroatoms. The molecular formula is C30H34N6O3. The molecule has 4 aromatic rings. The monoisotopic (exact) mass is 526 g/mol. The normalized spacial score (nSPS) is 16.0. The maximum absolute atomic E-state index is 13.2. The number of nitrogens with one attached hydrogen (secondary N) is 1. The molecule has 1 saturated heterocycles. The molecular weight excluding hydrogens is 492 g/mol. The molecule has 2 aromatic heterocycles. The number of ketones is 1. The predicted molar refractivity (Wildman–Crippen MR) is 152 cm³/mol. The van der Waals surface area contributed by atoms with E-state index in [0.717, 1.165) is 53.8 Å². The lowest BCUT2D eigenvalue weighted by molar-refractivity contribution is -0.122. The van der Waals surface area contributed by atoms with Crippen LogP contribution in [0.1, 0.15) is 59.4 Å². The lowest BCUT2D eigenvalue weighted by Gasteiger charge is -2.35. The second kappa shape index (κ2) is 10.1. The summed E-state index contributed by atoms with van der Waals surface area (Å²) in [6, 6.07) is 13.0. The van der Waals surface area contributed by atoms with E-state index in [4.69, 9.17) is 11.5 Å². The zero-order chi connectivity index (χ0) is 27.9. The van der Waals surface area contributed by atoms with Crippen molar-refractivity contribution in [3.05, 3.63) is 71.5 Å². The summed E-state index contributed by atoms with van der Waals surface area (Å²) in [6.45, 7) is 5.15. The van der Waals surface area contributed by atoms with Crippen molar-refractivity contribution in [1.82, 2.24) is 14.8 Å². The number of nitrogens with zero attached hydrogens (tertiary/aromatic N) is 3. The molecule has 1 aliphatic rings. The van der Waals surface area contributed by atoms with Crippen molar-refractivity contribution in [2.75, 3.05) is 18.0 Å². The van der Waals surface area contributed by atoms with Gasteiger partial charge in [0.1, 0.15) is 0 Å². The zero-order valence-electron chi connectivity index (χ0n) is 22.5. The number of amides is 2. The van der Waals surface area contributed by atoms with E-state index in [-0.39, 0.29) is 11.7 Å². The molecule has 9 nitrogen and oxygen atoms in total. The van der Waals surface area contributed by atoms with Gasteiger partial charge in [-0.2, -0.15) is 5.10 Å². The highest BCUT2D eigenvalue weighted by Crippen LogP contribution is 2.36. The minimum atomic E-state index is -0.796. The number of anilines is 1. The van der Waals surface area contributed by atoms with E-state index in [0.29, 0.717) is 23.1 Å². The third kappa shape index (κ3) is 5.04. The molecule has 39 heavy (non-hydrogen) atoms. The highest BCUT2D eigenvalue weighted by atomic mass is 16.1. The number of Topliss-reactive ketones (excluding diaryl/α,β-unsaturated/α-hetero) is 1. The van der Waals surface area contributed by atoms with Crippen LogP contribution in [-0.2, 0) is 17.3 Å². The standard InChI is InChI=1S/C30H34N6O3/c1-30(2,29(32)39)21-8-6-19(7-9-21)26(37)13-18-5-4-12-36(16-18)25-11-10-22(28(31)38)27-23(25)14-24(34-27)20-15-33-35(3)17-20/h6-11,14-15,17-18,34H,4-5,12-13,16H2,1-3H3,(H2,31,38)(H2,32,39)/t18-/m0/s1. The maximum atomic E-state index is 13.2. The number of aromatic amines is 1. The molecule has 0 unspecified atom stereocenters. The van der Waals surface area contributed by atoms with Crippen LogP contribution in [0, 0.1) is 5.92 Å². The second-order valence-corrected chi connectivity index (χ2v) is 11.0. The number of H-pyrrole nitrogens is 1. The van der Waals surface area contributed by atoms with E-state index in [1.165, 1.54) is 0 Å². The fraction of sp³-hybridized carbons (Fsp3) is 0.333. The van der Waals surface area contributed by atoms with Crippen LogP contribution in [0.2, 0.25) is 0 Å². The summed E-state index contributed by atoms with van der Waals surface area (Å²) >= 11 is 0. The van der Waals surface area contributed by atoms with Crippen molar-refractivity contribution in [2.24, 2.45) is 24.4 Å². The first-order chi connectivity index (χ1) is 18.5. The summed E-state index contributed by atoms with van der Waals surface area (Å²) in [5.74, 6) is -0.620. The molecule has 0 radical (unpaired) electrons. The Morgan fingerprint density at radius 3 is 2.49 bits per heavy atom. The van der Waals surface area contributed by atoms with E-state index in [1.54, 1.807) is 42.9 Å². The first-order valence-corrected chi connectivity index (χ1v) is 13.2. The van der Waals surface area contributed by atoms with Crippen molar-refractivity contribution in [3.8, 4) is 11.3 Å². The first kappa shape index (κ1) is 26.2. The summed E-state index contributed by atoms with van der Waals surface area (Å²) < 4.78 is 1.73. The average molecular weight is 527 g/mol. The van der Waals surface area contributed by atoms with E-state index >= 15 is 0 Å². The Balaban J connectivity index is 1.37. The van der Waals surface area contributed by atoms with Crippen LogP contribution in [0.5, 0.6) is 0 Å². The molecule has 2 amide bonds. The Morgan fingerprint density at radius 1 is 1.10 bits per heavy atom. The van der Waals surface area contributed by atoms with Crippen LogP contribution in [-0.4, -0.2) is 45.5 Å². The molecule has 0 bridgehead atoms. The lowest BCUT2D eigenvalue weighted by Crippen LogP contribution is -2.36. The van der Waals surface area contributed by atoms with E-state index in [9.17, 15) is 14.4 Å². The Kier molecular flexibility index (Phi) is 6.76. The van der Waals surface area contributed by atoms with Gasteiger partial charge in [-0.15, -0.1) is 0 Å². The topological polar surface area (TPSA) is 140 Å². The van der Waals surface area contributed by atoms with Crippen molar-refractivity contribution in [1.29, 1.82) is 0 Å². The Bertz CT molecular complexity index is 1560. The molecule has 0 spiro atoms.